The molecule has 0 radical (unpaired) electrons. The predicted octanol–water partition coefficient (Wildman–Crippen LogP) is 2.88. The van der Waals surface area contributed by atoms with Crippen LogP contribution in [-0.2, 0) is 14.5 Å². The van der Waals surface area contributed by atoms with Crippen molar-refractivity contribution in [3.63, 3.8) is 0 Å². The molecule has 3 unspecified atom stereocenters. The summed E-state index contributed by atoms with van der Waals surface area (Å²) in [5, 5.41) is 0. The van der Waals surface area contributed by atoms with Gasteiger partial charge >= 0.3 is 10.3 Å². The first-order chi connectivity index (χ1) is 7.73. The number of halogens is 3. The average Bonchev–Trinajstić information content (AvgIpc) is 2.89. The van der Waals surface area contributed by atoms with Gasteiger partial charge in [0.15, 0.2) is 0 Å². The van der Waals surface area contributed by atoms with Crippen LogP contribution in [0.5, 0.6) is 0 Å². The topological polar surface area (TPSA) is 46.4 Å². The van der Waals surface area contributed by atoms with Gasteiger partial charge in [0.1, 0.15) is 6.61 Å². The largest absolute Gasteiger partial charge is 0.339 e. The van der Waals surface area contributed by atoms with Gasteiger partial charge in [0.05, 0.1) is 0 Å². The van der Waals surface area contributed by atoms with Crippen molar-refractivity contribution in [2.24, 2.45) is 0 Å². The molecule has 1 aliphatic heterocycles. The van der Waals surface area contributed by atoms with Gasteiger partial charge in [-0.2, -0.15) is 12.7 Å². The highest BCUT2D eigenvalue weighted by molar-refractivity contribution is 7.84. The van der Waals surface area contributed by atoms with E-state index in [9.17, 15) is 8.42 Å². The van der Waals surface area contributed by atoms with Gasteiger partial charge in [-0.25, -0.2) is 0 Å². The Morgan fingerprint density at radius 1 is 1.24 bits per heavy atom. The first-order valence-electron chi connectivity index (χ1n) is 5.47. The van der Waals surface area contributed by atoms with E-state index in [0.29, 0.717) is 0 Å². The molecule has 0 bridgehead atoms. The molecular formula is C9H16Cl3NO3S. The molecular weight excluding hydrogens is 309 g/mol. The lowest BCUT2D eigenvalue weighted by Crippen LogP contribution is -2.24. The zero-order chi connectivity index (χ0) is 13.3. The van der Waals surface area contributed by atoms with Gasteiger partial charge in [-0.05, 0) is 12.8 Å². The summed E-state index contributed by atoms with van der Waals surface area (Å²) in [6, 6.07) is 0.0562. The van der Waals surface area contributed by atoms with Crippen LogP contribution in [0.4, 0.5) is 0 Å². The van der Waals surface area contributed by atoms with Gasteiger partial charge in [0.2, 0.25) is 3.79 Å². The summed E-state index contributed by atoms with van der Waals surface area (Å²) >= 11 is 16.4. The maximum absolute atomic E-state index is 11.8. The molecule has 1 fully saturated rings. The lowest BCUT2D eigenvalue weighted by Gasteiger charge is -2.12. The molecule has 0 aromatic rings. The van der Waals surface area contributed by atoms with Crippen LogP contribution in [-0.4, -0.2) is 35.2 Å². The molecule has 0 saturated carbocycles. The summed E-state index contributed by atoms with van der Waals surface area (Å²) < 4.78 is 28.0. The fourth-order valence-corrected chi connectivity index (χ4v) is 3.86. The molecule has 0 aromatic heterocycles. The molecule has 0 spiro atoms. The van der Waals surface area contributed by atoms with E-state index in [2.05, 4.69) is 0 Å². The minimum absolute atomic E-state index is 0.0235. The molecule has 8 heteroatoms. The van der Waals surface area contributed by atoms with Crippen molar-refractivity contribution in [2.45, 2.75) is 49.0 Å². The quantitative estimate of drug-likeness (QED) is 0.557. The number of nitrogens with zero attached hydrogens (tertiary/aromatic N) is 1. The highest BCUT2D eigenvalue weighted by Gasteiger charge is 2.54. The predicted molar refractivity (Wildman–Crippen MR) is 69.8 cm³/mol. The first kappa shape index (κ1) is 15.8. The lowest BCUT2D eigenvalue weighted by atomic mass is 10.2. The van der Waals surface area contributed by atoms with Gasteiger partial charge in [0, 0.05) is 12.1 Å². The smallest absolute Gasteiger partial charge is 0.253 e. The zero-order valence-electron chi connectivity index (χ0n) is 9.70. The van der Waals surface area contributed by atoms with Gasteiger partial charge in [-0.15, -0.1) is 0 Å². The van der Waals surface area contributed by atoms with Gasteiger partial charge in [-0.3, -0.25) is 4.18 Å². The van der Waals surface area contributed by atoms with Gasteiger partial charge in [-0.1, -0.05) is 55.1 Å². The highest BCUT2D eigenvalue weighted by atomic mass is 35.6. The number of hydrogen-bond acceptors (Lipinski definition) is 3. The van der Waals surface area contributed by atoms with Crippen LogP contribution in [0, 0.1) is 0 Å². The van der Waals surface area contributed by atoms with E-state index in [4.69, 9.17) is 39.0 Å². The summed E-state index contributed by atoms with van der Waals surface area (Å²) in [6.45, 7) is 3.49. The normalized spacial score (nSPS) is 29.4. The van der Waals surface area contributed by atoms with Crippen molar-refractivity contribution in [1.29, 1.82) is 0 Å². The van der Waals surface area contributed by atoms with E-state index in [-0.39, 0.29) is 12.1 Å². The van der Waals surface area contributed by atoms with Gasteiger partial charge in [0.25, 0.3) is 0 Å². The molecule has 102 valence electrons. The monoisotopic (exact) mass is 323 g/mol. The molecule has 0 amide bonds. The fourth-order valence-electron chi connectivity index (χ4n) is 1.91. The van der Waals surface area contributed by atoms with Crippen LogP contribution in [0.1, 0.15) is 33.1 Å². The molecule has 3 atom stereocenters. The van der Waals surface area contributed by atoms with Crippen LogP contribution >= 0.6 is 34.8 Å². The Kier molecular flexibility index (Phi) is 5.39. The van der Waals surface area contributed by atoms with Crippen molar-refractivity contribution in [1.82, 2.24) is 4.31 Å². The minimum Gasteiger partial charge on any atom is -0.253 e. The van der Waals surface area contributed by atoms with E-state index in [1.54, 1.807) is 0 Å². The van der Waals surface area contributed by atoms with Crippen LogP contribution in [0.15, 0.2) is 0 Å². The Morgan fingerprint density at radius 2 is 1.82 bits per heavy atom. The molecule has 1 saturated heterocycles. The summed E-state index contributed by atoms with van der Waals surface area (Å²) in [5.74, 6) is 0. The third kappa shape index (κ3) is 4.40. The molecule has 0 aliphatic carbocycles. The lowest BCUT2D eigenvalue weighted by molar-refractivity contribution is 0.301. The summed E-state index contributed by atoms with van der Waals surface area (Å²) in [6.07, 6.45) is 2.52. The maximum Gasteiger partial charge on any atom is 0.339 e. The second-order valence-corrected chi connectivity index (χ2v) is 8.03. The van der Waals surface area contributed by atoms with E-state index >= 15 is 0 Å². The third-order valence-electron chi connectivity index (χ3n) is 2.64. The average molecular weight is 325 g/mol. The standard InChI is InChI=1S/C9H16Cl3NO3S/c1-3-5-8-7(4-2)13(8)17(14,15)16-6-9(10,11)12/h7-8H,3-6H2,1-2H3. The van der Waals surface area contributed by atoms with E-state index in [1.165, 1.54) is 4.31 Å². The molecule has 0 aromatic carbocycles. The number of hydrogen-bond donors (Lipinski definition) is 0. The van der Waals surface area contributed by atoms with Crippen LogP contribution in [0.3, 0.4) is 0 Å². The second-order valence-electron chi connectivity index (χ2n) is 4.00. The Balaban J connectivity index is 2.60. The van der Waals surface area contributed by atoms with E-state index < -0.39 is 20.7 Å². The molecule has 17 heavy (non-hydrogen) atoms. The van der Waals surface area contributed by atoms with Crippen LogP contribution in [0.25, 0.3) is 0 Å². The zero-order valence-corrected chi connectivity index (χ0v) is 12.8. The first-order valence-corrected chi connectivity index (χ1v) is 7.97. The number of alkyl halides is 3. The Morgan fingerprint density at radius 3 is 2.24 bits per heavy atom. The van der Waals surface area contributed by atoms with Crippen LogP contribution in [0.2, 0.25) is 0 Å². The van der Waals surface area contributed by atoms with Crippen molar-refractivity contribution in [2.75, 3.05) is 6.61 Å². The fraction of sp³-hybridized carbons (Fsp3) is 1.00. The molecule has 1 rings (SSSR count). The van der Waals surface area contributed by atoms with Crippen molar-refractivity contribution in [3.8, 4) is 0 Å². The minimum atomic E-state index is -3.77. The maximum atomic E-state index is 11.8. The summed E-state index contributed by atoms with van der Waals surface area (Å²) in [7, 11) is -3.77. The van der Waals surface area contributed by atoms with E-state index in [1.807, 2.05) is 13.8 Å². The number of rotatable bonds is 6. The Hall–Kier alpha value is 0.740. The van der Waals surface area contributed by atoms with Gasteiger partial charge < -0.3 is 0 Å². The summed E-state index contributed by atoms with van der Waals surface area (Å²) in [5.41, 5.74) is 0. The van der Waals surface area contributed by atoms with Crippen molar-refractivity contribution >= 4 is 45.1 Å². The van der Waals surface area contributed by atoms with Crippen molar-refractivity contribution in [3.05, 3.63) is 0 Å². The van der Waals surface area contributed by atoms with Crippen molar-refractivity contribution < 1.29 is 12.6 Å². The molecule has 4 nitrogen and oxygen atoms in total. The third-order valence-corrected chi connectivity index (χ3v) is 4.44. The molecule has 1 heterocycles. The Bertz CT molecular complexity index is 355. The highest BCUT2D eigenvalue weighted by Crippen LogP contribution is 2.39. The Labute approximate surface area is 117 Å². The van der Waals surface area contributed by atoms with Crippen LogP contribution < -0.4 is 0 Å². The van der Waals surface area contributed by atoms with E-state index in [0.717, 1.165) is 19.3 Å². The molecule has 0 N–H and O–H groups in total. The molecule has 1 aliphatic rings. The SMILES string of the molecule is CCCC1C(CC)N1S(=O)(=O)OCC(Cl)(Cl)Cl. The second kappa shape index (κ2) is 5.80. The summed E-state index contributed by atoms with van der Waals surface area (Å²) in [4.78, 5) is 0.